The summed E-state index contributed by atoms with van der Waals surface area (Å²) in [4.78, 5) is 0. The summed E-state index contributed by atoms with van der Waals surface area (Å²) in [6.45, 7) is 4.03. The van der Waals surface area contributed by atoms with Crippen LogP contribution in [0, 0.1) is 13.8 Å². The predicted molar refractivity (Wildman–Crippen MR) is 80.1 cm³/mol. The normalized spacial score (nSPS) is 11.2. The van der Waals surface area contributed by atoms with Crippen molar-refractivity contribution in [2.45, 2.75) is 13.8 Å². The minimum Gasteiger partial charge on any atom is -0.233 e. The molecule has 0 saturated carbocycles. The van der Waals surface area contributed by atoms with E-state index < -0.39 is 0 Å². The summed E-state index contributed by atoms with van der Waals surface area (Å²) in [6, 6.07) is 11.7. The molecule has 1 aromatic carbocycles. The molecule has 0 saturated heterocycles. The maximum absolute atomic E-state index is 6.32. The summed E-state index contributed by atoms with van der Waals surface area (Å²) in [6.07, 6.45) is 0. The zero-order valence-electron chi connectivity index (χ0n) is 10.6. The molecule has 0 unspecified atom stereocenters. The van der Waals surface area contributed by atoms with Crippen LogP contribution in [0.25, 0.3) is 16.8 Å². The van der Waals surface area contributed by atoms with Crippen LogP contribution < -0.4 is 0 Å². The van der Waals surface area contributed by atoms with Crippen molar-refractivity contribution in [1.82, 2.24) is 9.61 Å². The summed E-state index contributed by atoms with van der Waals surface area (Å²) in [5.74, 6) is 0. The minimum absolute atomic E-state index is 0.634. The first-order valence-electron chi connectivity index (χ1n) is 5.97. The van der Waals surface area contributed by atoms with E-state index in [-0.39, 0.29) is 0 Å². The molecule has 2 aromatic heterocycles. The lowest BCUT2D eigenvalue weighted by Crippen LogP contribution is -1.97. The highest BCUT2D eigenvalue weighted by Gasteiger charge is 2.12. The van der Waals surface area contributed by atoms with Gasteiger partial charge in [-0.05, 0) is 49.7 Å². The van der Waals surface area contributed by atoms with Gasteiger partial charge in [0.15, 0.2) is 0 Å². The molecular weight excluding hydrogens is 279 g/mol. The first kappa shape index (κ1) is 12.5. The van der Waals surface area contributed by atoms with Crippen molar-refractivity contribution in [3.8, 4) is 11.3 Å². The Hall–Kier alpha value is -1.51. The Morgan fingerprint density at radius 2 is 1.79 bits per heavy atom. The molecule has 3 rings (SSSR count). The molecule has 0 radical (unpaired) electrons. The van der Waals surface area contributed by atoms with Crippen molar-refractivity contribution in [1.29, 1.82) is 0 Å². The second-order valence-electron chi connectivity index (χ2n) is 4.61. The Labute approximate surface area is 121 Å². The predicted octanol–water partition coefficient (Wildman–Crippen LogP) is 4.92. The molecule has 0 amide bonds. The van der Waals surface area contributed by atoms with Crippen LogP contribution in [0.3, 0.4) is 0 Å². The fourth-order valence-corrected chi connectivity index (χ4v) is 2.78. The van der Waals surface area contributed by atoms with Gasteiger partial charge in [0, 0.05) is 10.6 Å². The van der Waals surface area contributed by atoms with Gasteiger partial charge >= 0.3 is 0 Å². The van der Waals surface area contributed by atoms with E-state index in [1.54, 1.807) is 6.07 Å². The number of hydrogen-bond acceptors (Lipinski definition) is 1. The number of fused-ring (bicyclic) bond motifs is 1. The van der Waals surface area contributed by atoms with Crippen molar-refractivity contribution in [3.63, 3.8) is 0 Å². The molecular formula is C15H12Cl2N2. The van der Waals surface area contributed by atoms with Crippen LogP contribution in [0.5, 0.6) is 0 Å². The van der Waals surface area contributed by atoms with Crippen LogP contribution in [-0.4, -0.2) is 9.61 Å². The Bertz CT molecular complexity index is 775. The van der Waals surface area contributed by atoms with Crippen LogP contribution in [0.4, 0.5) is 0 Å². The van der Waals surface area contributed by atoms with Crippen molar-refractivity contribution in [3.05, 3.63) is 57.7 Å². The first-order chi connectivity index (χ1) is 9.06. The van der Waals surface area contributed by atoms with E-state index in [0.29, 0.717) is 10.0 Å². The Morgan fingerprint density at radius 3 is 2.53 bits per heavy atom. The molecule has 0 fully saturated rings. The van der Waals surface area contributed by atoms with Crippen LogP contribution >= 0.6 is 23.2 Å². The lowest BCUT2D eigenvalue weighted by Gasteiger charge is -2.11. The topological polar surface area (TPSA) is 17.3 Å². The molecule has 0 aliphatic rings. The van der Waals surface area contributed by atoms with Crippen molar-refractivity contribution in [2.24, 2.45) is 0 Å². The van der Waals surface area contributed by atoms with E-state index in [9.17, 15) is 0 Å². The zero-order valence-corrected chi connectivity index (χ0v) is 12.1. The van der Waals surface area contributed by atoms with Gasteiger partial charge in [-0.3, -0.25) is 0 Å². The lowest BCUT2D eigenvalue weighted by atomic mass is 10.1. The molecule has 3 aromatic rings. The summed E-state index contributed by atoms with van der Waals surface area (Å²) >= 11 is 12.3. The third-order valence-electron chi connectivity index (χ3n) is 3.13. The number of nitrogens with zero attached hydrogens (tertiary/aromatic N) is 2. The number of pyridine rings is 1. The summed E-state index contributed by atoms with van der Waals surface area (Å²) in [7, 11) is 0. The molecule has 2 nitrogen and oxygen atoms in total. The van der Waals surface area contributed by atoms with Crippen LogP contribution in [0.1, 0.15) is 11.3 Å². The molecule has 0 aliphatic carbocycles. The third kappa shape index (κ3) is 2.11. The molecule has 0 N–H and O–H groups in total. The first-order valence-corrected chi connectivity index (χ1v) is 6.73. The van der Waals surface area contributed by atoms with Gasteiger partial charge < -0.3 is 0 Å². The van der Waals surface area contributed by atoms with Gasteiger partial charge in [-0.2, -0.15) is 5.10 Å². The highest BCUT2D eigenvalue weighted by molar-refractivity contribution is 6.36. The number of rotatable bonds is 1. The standard InChI is InChI=1S/C15H12Cl2N2/c1-9-3-5-12-7-10(2)18-19(12)15(9)13-6-4-11(16)8-14(13)17/h3-8H,1-2H3. The smallest absolute Gasteiger partial charge is 0.0769 e. The fourth-order valence-electron chi connectivity index (χ4n) is 2.28. The molecule has 0 bridgehead atoms. The van der Waals surface area contributed by atoms with Crippen molar-refractivity contribution in [2.75, 3.05) is 0 Å². The lowest BCUT2D eigenvalue weighted by molar-refractivity contribution is 0.935. The zero-order chi connectivity index (χ0) is 13.6. The monoisotopic (exact) mass is 290 g/mol. The second kappa shape index (κ2) is 4.55. The van der Waals surface area contributed by atoms with E-state index in [0.717, 1.165) is 28.0 Å². The number of hydrogen-bond donors (Lipinski definition) is 0. The van der Waals surface area contributed by atoms with E-state index in [2.05, 4.69) is 24.2 Å². The Balaban J connectivity index is 2.37. The Morgan fingerprint density at radius 1 is 1.00 bits per heavy atom. The van der Waals surface area contributed by atoms with Gasteiger partial charge in [0.05, 0.1) is 21.9 Å². The van der Waals surface area contributed by atoms with Crippen molar-refractivity contribution < 1.29 is 0 Å². The Kier molecular flexibility index (Phi) is 3.00. The maximum atomic E-state index is 6.32. The van der Waals surface area contributed by atoms with E-state index in [1.807, 2.05) is 29.6 Å². The van der Waals surface area contributed by atoms with Gasteiger partial charge in [-0.15, -0.1) is 0 Å². The maximum Gasteiger partial charge on any atom is 0.0769 e. The molecule has 0 aliphatic heterocycles. The summed E-state index contributed by atoms with van der Waals surface area (Å²) < 4.78 is 1.93. The number of benzene rings is 1. The van der Waals surface area contributed by atoms with Crippen molar-refractivity contribution >= 4 is 28.7 Å². The highest BCUT2D eigenvalue weighted by Crippen LogP contribution is 2.32. The minimum atomic E-state index is 0.634. The molecule has 4 heteroatoms. The number of aromatic nitrogens is 2. The number of halogens is 2. The molecule has 0 spiro atoms. The third-order valence-corrected chi connectivity index (χ3v) is 3.68. The largest absolute Gasteiger partial charge is 0.233 e. The van der Waals surface area contributed by atoms with E-state index >= 15 is 0 Å². The fraction of sp³-hybridized carbons (Fsp3) is 0.133. The summed E-state index contributed by atoms with van der Waals surface area (Å²) in [5.41, 5.74) is 5.12. The highest BCUT2D eigenvalue weighted by atomic mass is 35.5. The average molecular weight is 291 g/mol. The quantitative estimate of drug-likeness (QED) is 0.621. The van der Waals surface area contributed by atoms with Gasteiger partial charge in [0.25, 0.3) is 0 Å². The molecule has 0 atom stereocenters. The van der Waals surface area contributed by atoms with Crippen LogP contribution in [0.2, 0.25) is 10.0 Å². The summed E-state index contributed by atoms with van der Waals surface area (Å²) in [5, 5.41) is 5.81. The van der Waals surface area contributed by atoms with Gasteiger partial charge in [0.2, 0.25) is 0 Å². The van der Waals surface area contributed by atoms with Gasteiger partial charge in [-0.1, -0.05) is 29.3 Å². The SMILES string of the molecule is Cc1cc2ccc(C)c(-c3ccc(Cl)cc3Cl)n2n1. The van der Waals surface area contributed by atoms with Gasteiger partial charge in [0.1, 0.15) is 0 Å². The van der Waals surface area contributed by atoms with Crippen LogP contribution in [0.15, 0.2) is 36.4 Å². The molecule has 96 valence electrons. The average Bonchev–Trinajstić information content (AvgIpc) is 2.71. The van der Waals surface area contributed by atoms with Crippen LogP contribution in [-0.2, 0) is 0 Å². The second-order valence-corrected chi connectivity index (χ2v) is 5.46. The number of aryl methyl sites for hydroxylation is 2. The van der Waals surface area contributed by atoms with E-state index in [1.165, 1.54) is 0 Å². The molecule has 2 heterocycles. The molecule has 19 heavy (non-hydrogen) atoms. The van der Waals surface area contributed by atoms with Gasteiger partial charge in [-0.25, -0.2) is 4.52 Å². The van der Waals surface area contributed by atoms with E-state index in [4.69, 9.17) is 23.2 Å².